The van der Waals surface area contributed by atoms with Crippen molar-refractivity contribution in [1.29, 1.82) is 0 Å². The predicted octanol–water partition coefficient (Wildman–Crippen LogP) is 4.51. The molecular weight excluding hydrogens is 380 g/mol. The molecule has 0 fully saturated rings. The minimum atomic E-state index is 0.495. The zero-order valence-corrected chi connectivity index (χ0v) is 18.7. The monoisotopic (exact) mass is 412 g/mol. The van der Waals surface area contributed by atoms with Gasteiger partial charge in [0.05, 0.1) is 10.7 Å². The molecule has 4 nitrogen and oxygen atoms in total. The first kappa shape index (κ1) is 21.0. The van der Waals surface area contributed by atoms with Gasteiger partial charge >= 0.3 is 0 Å². The Morgan fingerprint density at radius 3 is 2.61 bits per heavy atom. The number of rotatable bonds is 7. The van der Waals surface area contributed by atoms with Gasteiger partial charge in [0.15, 0.2) is 5.82 Å². The maximum atomic E-state index is 6.36. The topological polar surface area (TPSA) is 55.9 Å². The smallest absolute Gasteiger partial charge is 0.159 e. The number of nitrogens with zero attached hydrogens (tertiary/aromatic N) is 2. The molecule has 1 aliphatic carbocycles. The second kappa shape index (κ2) is 9.25. The van der Waals surface area contributed by atoms with Crippen LogP contribution in [0.5, 0.6) is 0 Å². The van der Waals surface area contributed by atoms with Gasteiger partial charge in [0, 0.05) is 16.9 Å². The molecule has 31 heavy (non-hydrogen) atoms. The maximum Gasteiger partial charge on any atom is 0.159 e. The lowest BCUT2D eigenvalue weighted by atomic mass is 10.0. The van der Waals surface area contributed by atoms with Crippen molar-refractivity contribution in [3.8, 4) is 11.4 Å². The van der Waals surface area contributed by atoms with Crippen molar-refractivity contribution in [2.45, 2.75) is 46.5 Å². The van der Waals surface area contributed by atoms with Crippen LogP contribution in [0.3, 0.4) is 0 Å². The summed E-state index contributed by atoms with van der Waals surface area (Å²) < 4.78 is 1.72. The first-order valence-electron chi connectivity index (χ1n) is 11.2. The second-order valence-electron chi connectivity index (χ2n) is 8.49. The summed E-state index contributed by atoms with van der Waals surface area (Å²) in [7, 11) is 0. The molecule has 1 unspecified atom stereocenters. The van der Waals surface area contributed by atoms with E-state index in [0.29, 0.717) is 5.92 Å². The summed E-state index contributed by atoms with van der Waals surface area (Å²) in [5, 5.41) is 5.60. The highest BCUT2D eigenvalue weighted by atomic mass is 15.3. The average Bonchev–Trinajstić information content (AvgIpc) is 3.10. The lowest BCUT2D eigenvalue weighted by Gasteiger charge is -2.12. The fourth-order valence-corrected chi connectivity index (χ4v) is 4.00. The number of aromatic nitrogens is 2. The molecule has 0 saturated heterocycles. The van der Waals surface area contributed by atoms with Gasteiger partial charge in [0.1, 0.15) is 0 Å². The third-order valence-electron chi connectivity index (χ3n) is 5.80. The van der Waals surface area contributed by atoms with Gasteiger partial charge in [0.25, 0.3) is 0 Å². The molecule has 1 aromatic heterocycles. The molecule has 2 aromatic carbocycles. The van der Waals surface area contributed by atoms with E-state index in [9.17, 15) is 0 Å². The molecule has 0 saturated carbocycles. The van der Waals surface area contributed by atoms with E-state index < -0.39 is 0 Å². The van der Waals surface area contributed by atoms with E-state index in [1.807, 2.05) is 0 Å². The van der Waals surface area contributed by atoms with Gasteiger partial charge in [-0.3, -0.25) is 0 Å². The van der Waals surface area contributed by atoms with E-state index in [1.165, 1.54) is 16.8 Å². The Hall–Kier alpha value is -3.27. The van der Waals surface area contributed by atoms with E-state index in [-0.39, 0.29) is 0 Å². The van der Waals surface area contributed by atoms with Crippen LogP contribution >= 0.6 is 0 Å². The molecule has 4 rings (SSSR count). The number of anilines is 1. The van der Waals surface area contributed by atoms with Crippen LogP contribution in [-0.4, -0.2) is 9.66 Å². The third-order valence-corrected chi connectivity index (χ3v) is 5.80. The fourth-order valence-electron chi connectivity index (χ4n) is 4.00. The zero-order chi connectivity index (χ0) is 21.8. The van der Waals surface area contributed by atoms with Gasteiger partial charge in [-0.2, -0.15) is 0 Å². The van der Waals surface area contributed by atoms with Crippen LogP contribution in [0.1, 0.15) is 44.2 Å². The number of imidazole rings is 1. The van der Waals surface area contributed by atoms with Crippen molar-refractivity contribution in [2.24, 2.45) is 5.92 Å². The van der Waals surface area contributed by atoms with E-state index in [0.717, 1.165) is 53.5 Å². The molecule has 3 N–H and O–H groups in total. The minimum absolute atomic E-state index is 0.495. The summed E-state index contributed by atoms with van der Waals surface area (Å²) >= 11 is 0. The highest BCUT2D eigenvalue weighted by Gasteiger charge is 2.12. The van der Waals surface area contributed by atoms with Crippen LogP contribution in [0, 0.1) is 12.8 Å². The highest BCUT2D eigenvalue weighted by molar-refractivity contribution is 5.62. The SMILES string of the molecule is CCC=C(CCc1ccc(C)cc1)Nc1ccc(-c2nc3c(n2N)=CC(C)CC=3)cc1. The van der Waals surface area contributed by atoms with Crippen LogP contribution in [0.4, 0.5) is 5.69 Å². The van der Waals surface area contributed by atoms with Crippen LogP contribution in [0.25, 0.3) is 23.5 Å². The van der Waals surface area contributed by atoms with Gasteiger partial charge in [-0.15, -0.1) is 0 Å². The van der Waals surface area contributed by atoms with Crippen LogP contribution < -0.4 is 21.9 Å². The largest absolute Gasteiger partial charge is 0.359 e. The Morgan fingerprint density at radius 1 is 1.16 bits per heavy atom. The minimum Gasteiger partial charge on any atom is -0.359 e. The number of hydrogen-bond acceptors (Lipinski definition) is 3. The van der Waals surface area contributed by atoms with Crippen molar-refractivity contribution >= 4 is 17.8 Å². The van der Waals surface area contributed by atoms with Gasteiger partial charge < -0.3 is 11.2 Å². The number of nitrogen functional groups attached to an aromatic ring is 1. The van der Waals surface area contributed by atoms with E-state index in [1.54, 1.807) is 4.68 Å². The summed E-state index contributed by atoms with van der Waals surface area (Å²) in [5.41, 5.74) is 6.03. The van der Waals surface area contributed by atoms with Crippen molar-refractivity contribution in [1.82, 2.24) is 9.66 Å². The molecular formula is C27H32N4. The quantitative estimate of drug-likeness (QED) is 0.561. The van der Waals surface area contributed by atoms with Crippen molar-refractivity contribution in [3.63, 3.8) is 0 Å². The molecule has 0 bridgehead atoms. The number of nitrogens with one attached hydrogen (secondary N) is 1. The first-order chi connectivity index (χ1) is 15.0. The molecule has 160 valence electrons. The summed E-state index contributed by atoms with van der Waals surface area (Å²) in [4.78, 5) is 4.76. The number of benzene rings is 2. The number of allylic oxidation sites excluding steroid dienone is 2. The summed E-state index contributed by atoms with van der Waals surface area (Å²) in [6.07, 6.45) is 10.7. The molecule has 1 aliphatic rings. The Kier molecular flexibility index (Phi) is 6.26. The third kappa shape index (κ3) is 4.91. The van der Waals surface area contributed by atoms with E-state index >= 15 is 0 Å². The van der Waals surface area contributed by atoms with Gasteiger partial charge in [-0.25, -0.2) is 9.66 Å². The summed E-state index contributed by atoms with van der Waals surface area (Å²) in [6, 6.07) is 17.2. The highest BCUT2D eigenvalue weighted by Crippen LogP contribution is 2.21. The molecule has 3 aromatic rings. The number of nitrogens with two attached hydrogens (primary N) is 1. The summed E-state index contributed by atoms with van der Waals surface area (Å²) in [6.45, 7) is 6.50. The fraction of sp³-hybridized carbons (Fsp3) is 0.296. The predicted molar refractivity (Wildman–Crippen MR) is 131 cm³/mol. The normalized spacial score (nSPS) is 15.7. The van der Waals surface area contributed by atoms with Crippen molar-refractivity contribution in [3.05, 3.63) is 82.1 Å². The molecule has 1 heterocycles. The van der Waals surface area contributed by atoms with Crippen LogP contribution in [0.15, 0.2) is 60.3 Å². The average molecular weight is 413 g/mol. The number of aryl methyl sites for hydroxylation is 2. The number of hydrogen-bond donors (Lipinski definition) is 2. The number of fused-ring (bicyclic) bond motifs is 1. The standard InChI is InChI=1S/C27H32N4/c1-4-5-23(14-11-21-9-6-19(2)7-10-21)29-24-15-12-22(13-16-24)27-30-25-17-8-20(3)18-26(25)31(27)28/h5-7,9-10,12-13,15-18,20,29H,4,8,11,14,28H2,1-3H3. The first-order valence-corrected chi connectivity index (χ1v) is 11.2. The second-order valence-corrected chi connectivity index (χ2v) is 8.49. The molecule has 4 heteroatoms. The lowest BCUT2D eigenvalue weighted by Crippen LogP contribution is -2.36. The van der Waals surface area contributed by atoms with Crippen LogP contribution in [0.2, 0.25) is 0 Å². The molecule has 0 radical (unpaired) electrons. The van der Waals surface area contributed by atoms with Gasteiger partial charge in [-0.1, -0.05) is 61.9 Å². The lowest BCUT2D eigenvalue weighted by molar-refractivity contribution is 0.787. The molecule has 0 spiro atoms. The molecule has 0 amide bonds. The molecule has 1 atom stereocenters. The van der Waals surface area contributed by atoms with E-state index in [2.05, 4.69) is 92.8 Å². The van der Waals surface area contributed by atoms with Crippen molar-refractivity contribution < 1.29 is 0 Å². The van der Waals surface area contributed by atoms with Crippen LogP contribution in [-0.2, 0) is 6.42 Å². The van der Waals surface area contributed by atoms with Crippen molar-refractivity contribution in [2.75, 3.05) is 11.2 Å². The molecule has 0 aliphatic heterocycles. The Morgan fingerprint density at radius 2 is 1.90 bits per heavy atom. The Bertz CT molecular complexity index is 1180. The Labute approximate surface area is 184 Å². The Balaban J connectivity index is 1.48. The summed E-state index contributed by atoms with van der Waals surface area (Å²) in [5.74, 6) is 7.66. The van der Waals surface area contributed by atoms with Gasteiger partial charge in [0.2, 0.25) is 0 Å². The van der Waals surface area contributed by atoms with E-state index in [4.69, 9.17) is 10.8 Å². The van der Waals surface area contributed by atoms with Gasteiger partial charge in [-0.05, 0) is 68.4 Å². The maximum absolute atomic E-state index is 6.36. The zero-order valence-electron chi connectivity index (χ0n) is 18.7.